The number of hydrogen-bond acceptors (Lipinski definition) is 4. The van der Waals surface area contributed by atoms with Crippen LogP contribution in [0.5, 0.6) is 0 Å². The number of ether oxygens (including phenoxy) is 1. The van der Waals surface area contributed by atoms with Crippen molar-refractivity contribution in [3.8, 4) is 0 Å². The third kappa shape index (κ3) is 1.71. The van der Waals surface area contributed by atoms with E-state index < -0.39 is 0 Å². The fourth-order valence-corrected chi connectivity index (χ4v) is 1.25. The molecule has 2 heterocycles. The molecular formula is C9H12N2O2. The van der Waals surface area contributed by atoms with E-state index in [0.717, 1.165) is 37.3 Å². The zero-order chi connectivity index (χ0) is 9.10. The van der Waals surface area contributed by atoms with Crippen LogP contribution in [0.2, 0.25) is 0 Å². The van der Waals surface area contributed by atoms with Gasteiger partial charge in [0.05, 0.1) is 18.4 Å². The van der Waals surface area contributed by atoms with Crippen molar-refractivity contribution in [2.45, 2.75) is 26.2 Å². The molecule has 1 aromatic rings. The molecule has 1 aromatic heterocycles. The maximum Gasteiger partial charge on any atom is 0.256 e. The average Bonchev–Trinajstić information content (AvgIpc) is 2.67. The lowest BCUT2D eigenvalue weighted by Crippen LogP contribution is -1.98. The topological polar surface area (TPSA) is 48.2 Å². The summed E-state index contributed by atoms with van der Waals surface area (Å²) in [5.41, 5.74) is 1.01. The van der Waals surface area contributed by atoms with Crippen LogP contribution < -0.4 is 0 Å². The van der Waals surface area contributed by atoms with Crippen molar-refractivity contribution in [3.05, 3.63) is 18.0 Å². The van der Waals surface area contributed by atoms with Gasteiger partial charge in [-0.15, -0.1) is 0 Å². The Morgan fingerprint density at radius 2 is 2.46 bits per heavy atom. The van der Waals surface area contributed by atoms with Crippen molar-refractivity contribution in [2.24, 2.45) is 0 Å². The normalized spacial score (nSPS) is 16.5. The molecule has 0 bridgehead atoms. The molecule has 0 aliphatic carbocycles. The monoisotopic (exact) mass is 180 g/mol. The van der Waals surface area contributed by atoms with Gasteiger partial charge < -0.3 is 9.26 Å². The highest BCUT2D eigenvalue weighted by molar-refractivity contribution is 5.57. The van der Waals surface area contributed by atoms with Crippen LogP contribution in [-0.2, 0) is 11.2 Å². The number of hydrogen-bond donors (Lipinski definition) is 0. The Morgan fingerprint density at radius 3 is 3.08 bits per heavy atom. The number of allylic oxidation sites excluding steroid dienone is 1. The Balaban J connectivity index is 2.19. The van der Waals surface area contributed by atoms with Crippen LogP contribution in [0.1, 0.15) is 31.5 Å². The second-order valence-electron chi connectivity index (χ2n) is 2.99. The fraction of sp³-hybridized carbons (Fsp3) is 0.556. The second-order valence-corrected chi connectivity index (χ2v) is 2.99. The minimum absolute atomic E-state index is 0.608. The average molecular weight is 180 g/mol. The van der Waals surface area contributed by atoms with Gasteiger partial charge in [-0.2, -0.15) is 4.98 Å². The van der Waals surface area contributed by atoms with E-state index in [0.29, 0.717) is 5.89 Å². The number of aryl methyl sites for hydroxylation is 1. The molecule has 0 N–H and O–H groups in total. The van der Waals surface area contributed by atoms with Crippen molar-refractivity contribution in [3.63, 3.8) is 0 Å². The van der Waals surface area contributed by atoms with E-state index >= 15 is 0 Å². The first-order valence-electron chi connectivity index (χ1n) is 4.53. The van der Waals surface area contributed by atoms with Crippen LogP contribution in [-0.4, -0.2) is 16.7 Å². The van der Waals surface area contributed by atoms with Gasteiger partial charge in [0.15, 0.2) is 5.82 Å². The van der Waals surface area contributed by atoms with Crippen molar-refractivity contribution in [1.29, 1.82) is 0 Å². The summed E-state index contributed by atoms with van der Waals surface area (Å²) >= 11 is 0. The Labute approximate surface area is 76.6 Å². The highest BCUT2D eigenvalue weighted by Gasteiger charge is 2.13. The standard InChI is InChI=1S/C9H12N2O2/c1-2-8-10-9(13-11-8)7-4-3-5-12-6-7/h6H,2-5H2,1H3. The molecule has 13 heavy (non-hydrogen) atoms. The summed E-state index contributed by atoms with van der Waals surface area (Å²) in [5, 5.41) is 3.83. The minimum Gasteiger partial charge on any atom is -0.501 e. The molecule has 0 saturated heterocycles. The Hall–Kier alpha value is -1.32. The van der Waals surface area contributed by atoms with Crippen molar-refractivity contribution in [1.82, 2.24) is 10.1 Å². The van der Waals surface area contributed by atoms with Crippen LogP contribution in [0.4, 0.5) is 0 Å². The van der Waals surface area contributed by atoms with Gasteiger partial charge in [-0.05, 0) is 12.8 Å². The molecule has 0 radical (unpaired) electrons. The van der Waals surface area contributed by atoms with E-state index in [1.807, 2.05) is 6.92 Å². The van der Waals surface area contributed by atoms with Gasteiger partial charge >= 0.3 is 0 Å². The van der Waals surface area contributed by atoms with Gasteiger partial charge in [0.25, 0.3) is 5.89 Å². The largest absolute Gasteiger partial charge is 0.501 e. The van der Waals surface area contributed by atoms with E-state index in [2.05, 4.69) is 10.1 Å². The van der Waals surface area contributed by atoms with E-state index in [1.165, 1.54) is 0 Å². The summed E-state index contributed by atoms with van der Waals surface area (Å²) in [6, 6.07) is 0. The zero-order valence-electron chi connectivity index (χ0n) is 7.62. The summed E-state index contributed by atoms with van der Waals surface area (Å²) in [4.78, 5) is 4.23. The quantitative estimate of drug-likeness (QED) is 0.696. The summed E-state index contributed by atoms with van der Waals surface area (Å²) in [6.45, 7) is 2.79. The number of rotatable bonds is 2. The molecule has 0 amide bonds. The van der Waals surface area contributed by atoms with Crippen molar-refractivity contribution in [2.75, 3.05) is 6.61 Å². The third-order valence-corrected chi connectivity index (χ3v) is 1.99. The van der Waals surface area contributed by atoms with E-state index in [-0.39, 0.29) is 0 Å². The van der Waals surface area contributed by atoms with Crippen LogP contribution in [0.25, 0.3) is 5.57 Å². The van der Waals surface area contributed by atoms with Gasteiger partial charge in [0.1, 0.15) is 0 Å². The fourth-order valence-electron chi connectivity index (χ4n) is 1.25. The van der Waals surface area contributed by atoms with E-state index in [1.54, 1.807) is 6.26 Å². The molecule has 0 fully saturated rings. The summed E-state index contributed by atoms with van der Waals surface area (Å²) in [6.07, 6.45) is 4.51. The maximum atomic E-state index is 5.19. The molecular weight excluding hydrogens is 168 g/mol. The Kier molecular flexibility index (Phi) is 2.29. The van der Waals surface area contributed by atoms with Gasteiger partial charge in [0, 0.05) is 6.42 Å². The first-order valence-corrected chi connectivity index (χ1v) is 4.53. The maximum absolute atomic E-state index is 5.19. The van der Waals surface area contributed by atoms with E-state index in [4.69, 9.17) is 9.26 Å². The predicted octanol–water partition coefficient (Wildman–Crippen LogP) is 1.78. The van der Waals surface area contributed by atoms with Crippen LogP contribution >= 0.6 is 0 Å². The number of nitrogens with zero attached hydrogens (tertiary/aromatic N) is 2. The second kappa shape index (κ2) is 3.60. The molecule has 2 rings (SSSR count). The zero-order valence-corrected chi connectivity index (χ0v) is 7.62. The van der Waals surface area contributed by atoms with Crippen LogP contribution in [0.15, 0.2) is 10.8 Å². The van der Waals surface area contributed by atoms with Crippen molar-refractivity contribution < 1.29 is 9.26 Å². The third-order valence-electron chi connectivity index (χ3n) is 1.99. The predicted molar refractivity (Wildman–Crippen MR) is 46.8 cm³/mol. The van der Waals surface area contributed by atoms with Gasteiger partial charge in [-0.3, -0.25) is 0 Å². The Bertz CT molecular complexity index is 317. The molecule has 1 aliphatic rings. The lowest BCUT2D eigenvalue weighted by molar-refractivity contribution is 0.233. The SMILES string of the molecule is CCc1noc(C2=COCCC2)n1. The summed E-state index contributed by atoms with van der Waals surface area (Å²) in [5.74, 6) is 1.36. The van der Waals surface area contributed by atoms with Crippen LogP contribution in [0.3, 0.4) is 0 Å². The minimum atomic E-state index is 0.608. The molecule has 4 nitrogen and oxygen atoms in total. The highest BCUT2D eigenvalue weighted by Crippen LogP contribution is 2.21. The number of aromatic nitrogens is 2. The molecule has 0 atom stereocenters. The van der Waals surface area contributed by atoms with Gasteiger partial charge in [0.2, 0.25) is 0 Å². The van der Waals surface area contributed by atoms with Gasteiger partial charge in [-0.1, -0.05) is 12.1 Å². The van der Waals surface area contributed by atoms with Gasteiger partial charge in [-0.25, -0.2) is 0 Å². The van der Waals surface area contributed by atoms with Crippen molar-refractivity contribution >= 4 is 5.57 Å². The lowest BCUT2D eigenvalue weighted by atomic mass is 10.1. The molecule has 70 valence electrons. The summed E-state index contributed by atoms with van der Waals surface area (Å²) in [7, 11) is 0. The first-order chi connectivity index (χ1) is 6.40. The smallest absolute Gasteiger partial charge is 0.256 e. The van der Waals surface area contributed by atoms with Crippen LogP contribution in [0, 0.1) is 0 Å². The molecule has 0 spiro atoms. The lowest BCUT2D eigenvalue weighted by Gasteiger charge is -2.09. The highest BCUT2D eigenvalue weighted by atomic mass is 16.5. The molecule has 4 heteroatoms. The summed E-state index contributed by atoms with van der Waals surface area (Å²) < 4.78 is 10.3. The van der Waals surface area contributed by atoms with E-state index in [9.17, 15) is 0 Å². The molecule has 0 unspecified atom stereocenters. The molecule has 1 aliphatic heterocycles. The first kappa shape index (κ1) is 8.29. The molecule has 0 saturated carbocycles. The Morgan fingerprint density at radius 1 is 1.54 bits per heavy atom. The molecule has 0 aromatic carbocycles.